The monoisotopic (exact) mass is 370 g/mol. The maximum absolute atomic E-state index is 12.9. The standard InChI is InChI=1S/C21H26N2O4/c1-14-7-5-8-15(11-14)17-9-6-10-23(17)21(24)22-16-12-18(25-2)20(27-4)19(13-16)26-3/h5,7-8,11-13,17H,6,9-10H2,1-4H3,(H,22,24)/t17-/m1/s1. The molecule has 6 heteroatoms. The zero-order chi connectivity index (χ0) is 19.4. The number of methoxy groups -OCH3 is 3. The number of amides is 2. The number of rotatable bonds is 5. The van der Waals surface area contributed by atoms with Crippen molar-refractivity contribution in [2.45, 2.75) is 25.8 Å². The Kier molecular flexibility index (Phi) is 5.74. The Bertz CT molecular complexity index is 797. The molecule has 3 rings (SSSR count). The lowest BCUT2D eigenvalue weighted by Gasteiger charge is -2.26. The first kappa shape index (κ1) is 18.9. The summed E-state index contributed by atoms with van der Waals surface area (Å²) in [5, 5.41) is 2.97. The van der Waals surface area contributed by atoms with Crippen LogP contribution < -0.4 is 19.5 Å². The van der Waals surface area contributed by atoms with Crippen LogP contribution in [0.3, 0.4) is 0 Å². The van der Waals surface area contributed by atoms with Crippen molar-refractivity contribution in [1.29, 1.82) is 0 Å². The summed E-state index contributed by atoms with van der Waals surface area (Å²) in [6.45, 7) is 2.80. The van der Waals surface area contributed by atoms with Gasteiger partial charge in [-0.05, 0) is 25.3 Å². The lowest BCUT2D eigenvalue weighted by molar-refractivity contribution is 0.207. The number of carbonyl (C=O) groups excluding carboxylic acids is 1. The molecule has 2 aromatic rings. The maximum Gasteiger partial charge on any atom is 0.322 e. The first-order chi connectivity index (χ1) is 13.1. The summed E-state index contributed by atoms with van der Waals surface area (Å²) in [7, 11) is 4.66. The number of nitrogens with zero attached hydrogens (tertiary/aromatic N) is 1. The molecule has 1 saturated heterocycles. The molecule has 1 aliphatic rings. The van der Waals surface area contributed by atoms with E-state index in [1.807, 2.05) is 11.0 Å². The van der Waals surface area contributed by atoms with Crippen LogP contribution in [0.4, 0.5) is 10.5 Å². The van der Waals surface area contributed by atoms with Crippen molar-refractivity contribution in [3.63, 3.8) is 0 Å². The third-order valence-corrected chi connectivity index (χ3v) is 4.86. The van der Waals surface area contributed by atoms with Gasteiger partial charge in [0, 0.05) is 18.7 Å². The van der Waals surface area contributed by atoms with Gasteiger partial charge < -0.3 is 24.4 Å². The lowest BCUT2D eigenvalue weighted by atomic mass is 10.0. The van der Waals surface area contributed by atoms with E-state index in [0.717, 1.165) is 19.4 Å². The number of aryl methyl sites for hydroxylation is 1. The molecule has 0 bridgehead atoms. The molecule has 0 aromatic heterocycles. The van der Waals surface area contributed by atoms with Gasteiger partial charge in [0.05, 0.1) is 33.1 Å². The van der Waals surface area contributed by atoms with E-state index in [-0.39, 0.29) is 12.1 Å². The van der Waals surface area contributed by atoms with Crippen molar-refractivity contribution in [3.8, 4) is 17.2 Å². The summed E-state index contributed by atoms with van der Waals surface area (Å²) in [6.07, 6.45) is 1.95. The molecule has 144 valence electrons. The van der Waals surface area contributed by atoms with Crippen molar-refractivity contribution in [2.75, 3.05) is 33.2 Å². The predicted molar refractivity (Wildman–Crippen MR) is 105 cm³/mol. The predicted octanol–water partition coefficient (Wildman–Crippen LogP) is 4.39. The number of nitrogens with one attached hydrogen (secondary N) is 1. The Morgan fingerprint density at radius 1 is 1.07 bits per heavy atom. The van der Waals surface area contributed by atoms with E-state index in [2.05, 4.69) is 30.4 Å². The average molecular weight is 370 g/mol. The molecule has 1 N–H and O–H groups in total. The van der Waals surface area contributed by atoms with Crippen LogP contribution in [0.15, 0.2) is 36.4 Å². The third-order valence-electron chi connectivity index (χ3n) is 4.86. The van der Waals surface area contributed by atoms with Crippen LogP contribution in [0.5, 0.6) is 17.2 Å². The molecule has 27 heavy (non-hydrogen) atoms. The van der Waals surface area contributed by atoms with E-state index in [9.17, 15) is 4.79 Å². The number of ether oxygens (including phenoxy) is 3. The summed E-state index contributed by atoms with van der Waals surface area (Å²) in [5.41, 5.74) is 2.97. The highest BCUT2D eigenvalue weighted by molar-refractivity contribution is 5.90. The second-order valence-electron chi connectivity index (χ2n) is 6.61. The molecule has 0 saturated carbocycles. The first-order valence-electron chi connectivity index (χ1n) is 9.01. The van der Waals surface area contributed by atoms with Crippen LogP contribution in [0.1, 0.15) is 30.0 Å². The van der Waals surface area contributed by atoms with Crippen LogP contribution in [-0.2, 0) is 0 Å². The highest BCUT2D eigenvalue weighted by atomic mass is 16.5. The normalized spacial score (nSPS) is 16.1. The molecule has 0 radical (unpaired) electrons. The van der Waals surface area contributed by atoms with Crippen LogP contribution in [0, 0.1) is 6.92 Å². The average Bonchev–Trinajstić information content (AvgIpc) is 3.17. The fraction of sp³-hybridized carbons (Fsp3) is 0.381. The minimum Gasteiger partial charge on any atom is -0.493 e. The second-order valence-corrected chi connectivity index (χ2v) is 6.61. The molecule has 0 unspecified atom stereocenters. The number of anilines is 1. The molecule has 1 aliphatic heterocycles. The van der Waals surface area contributed by atoms with Gasteiger partial charge >= 0.3 is 6.03 Å². The maximum atomic E-state index is 12.9. The molecule has 1 heterocycles. The number of carbonyl (C=O) groups is 1. The second kappa shape index (κ2) is 8.20. The fourth-order valence-corrected chi connectivity index (χ4v) is 3.58. The van der Waals surface area contributed by atoms with Gasteiger partial charge in [-0.25, -0.2) is 4.79 Å². The van der Waals surface area contributed by atoms with E-state index >= 15 is 0 Å². The highest BCUT2D eigenvalue weighted by Crippen LogP contribution is 2.40. The Morgan fingerprint density at radius 2 is 1.78 bits per heavy atom. The molecule has 1 atom stereocenters. The minimum absolute atomic E-state index is 0.0898. The Labute approximate surface area is 160 Å². The molecule has 6 nitrogen and oxygen atoms in total. The largest absolute Gasteiger partial charge is 0.493 e. The zero-order valence-corrected chi connectivity index (χ0v) is 16.2. The molecule has 0 aliphatic carbocycles. The van der Waals surface area contributed by atoms with Gasteiger partial charge in [0.15, 0.2) is 11.5 Å². The molecular formula is C21H26N2O4. The molecule has 1 fully saturated rings. The van der Waals surface area contributed by atoms with Crippen LogP contribution >= 0.6 is 0 Å². The van der Waals surface area contributed by atoms with Gasteiger partial charge in [-0.15, -0.1) is 0 Å². The van der Waals surface area contributed by atoms with Crippen LogP contribution in [-0.4, -0.2) is 38.8 Å². The van der Waals surface area contributed by atoms with Crippen molar-refractivity contribution >= 4 is 11.7 Å². The van der Waals surface area contributed by atoms with E-state index in [1.54, 1.807) is 33.5 Å². The third kappa shape index (κ3) is 3.94. The minimum atomic E-state index is -0.131. The SMILES string of the molecule is COc1cc(NC(=O)N2CCC[C@@H]2c2cccc(C)c2)cc(OC)c1OC. The van der Waals surface area contributed by atoms with E-state index in [4.69, 9.17) is 14.2 Å². The van der Waals surface area contributed by atoms with Crippen molar-refractivity contribution < 1.29 is 19.0 Å². The molecule has 2 amide bonds. The number of urea groups is 1. The smallest absolute Gasteiger partial charge is 0.322 e. The summed E-state index contributed by atoms with van der Waals surface area (Å²) >= 11 is 0. The van der Waals surface area contributed by atoms with Crippen LogP contribution in [0.25, 0.3) is 0 Å². The van der Waals surface area contributed by atoms with Gasteiger partial charge in [0.1, 0.15) is 0 Å². The number of benzene rings is 2. The fourth-order valence-electron chi connectivity index (χ4n) is 3.58. The first-order valence-corrected chi connectivity index (χ1v) is 9.01. The molecule has 2 aromatic carbocycles. The van der Waals surface area contributed by atoms with E-state index in [0.29, 0.717) is 22.9 Å². The summed E-state index contributed by atoms with van der Waals surface area (Å²) < 4.78 is 16.1. The summed E-state index contributed by atoms with van der Waals surface area (Å²) in [4.78, 5) is 14.8. The Morgan fingerprint density at radius 3 is 2.37 bits per heavy atom. The topological polar surface area (TPSA) is 60.0 Å². The van der Waals surface area contributed by atoms with Crippen molar-refractivity contribution in [3.05, 3.63) is 47.5 Å². The summed E-state index contributed by atoms with van der Waals surface area (Å²) in [5.74, 6) is 1.50. The molecular weight excluding hydrogens is 344 g/mol. The van der Waals surface area contributed by atoms with Gasteiger partial charge in [-0.3, -0.25) is 0 Å². The van der Waals surface area contributed by atoms with Gasteiger partial charge in [0.25, 0.3) is 0 Å². The van der Waals surface area contributed by atoms with E-state index in [1.165, 1.54) is 11.1 Å². The van der Waals surface area contributed by atoms with Gasteiger partial charge in [-0.2, -0.15) is 0 Å². The van der Waals surface area contributed by atoms with E-state index < -0.39 is 0 Å². The number of likely N-dealkylation sites (tertiary alicyclic amines) is 1. The van der Waals surface area contributed by atoms with Crippen molar-refractivity contribution in [1.82, 2.24) is 4.90 Å². The lowest BCUT2D eigenvalue weighted by Crippen LogP contribution is -2.34. The van der Waals surface area contributed by atoms with Gasteiger partial charge in [0.2, 0.25) is 5.75 Å². The number of hydrogen-bond donors (Lipinski definition) is 1. The van der Waals surface area contributed by atoms with Gasteiger partial charge in [-0.1, -0.05) is 29.8 Å². The van der Waals surface area contributed by atoms with Crippen LogP contribution in [0.2, 0.25) is 0 Å². The Hall–Kier alpha value is -2.89. The quantitative estimate of drug-likeness (QED) is 0.848. The number of hydrogen-bond acceptors (Lipinski definition) is 4. The highest BCUT2D eigenvalue weighted by Gasteiger charge is 2.30. The van der Waals surface area contributed by atoms with Crippen molar-refractivity contribution in [2.24, 2.45) is 0 Å². The Balaban J connectivity index is 1.82. The zero-order valence-electron chi connectivity index (χ0n) is 16.2. The summed E-state index contributed by atoms with van der Waals surface area (Å²) in [6, 6.07) is 11.8. The molecule has 0 spiro atoms.